The zero-order chi connectivity index (χ0) is 62.7. The highest BCUT2D eigenvalue weighted by molar-refractivity contribution is 5.77. The van der Waals surface area contributed by atoms with Crippen LogP contribution in [-0.4, -0.2) is 119 Å². The van der Waals surface area contributed by atoms with E-state index in [1.807, 2.05) is 67.2 Å². The molecular weight excluding hydrogens is 1000 g/mol. The van der Waals surface area contributed by atoms with Crippen LogP contribution in [0.1, 0.15) is 251 Å². The van der Waals surface area contributed by atoms with Crippen molar-refractivity contribution in [1.29, 1.82) is 0 Å². The number of nitrogens with zero attached hydrogens (tertiary/aromatic N) is 2. The maximum Gasteiger partial charge on any atom is 0.519 e. The second kappa shape index (κ2) is 64.7. The van der Waals surface area contributed by atoms with Crippen LogP contribution in [-0.2, 0) is 66.8 Å². The van der Waals surface area contributed by atoms with Crippen molar-refractivity contribution in [2.45, 2.75) is 285 Å². The first-order valence-corrected chi connectivity index (χ1v) is 26.1. The van der Waals surface area contributed by atoms with Crippen molar-refractivity contribution >= 4 is 54.9 Å². The number of amides is 2. The molecule has 0 aliphatic heterocycles. The molecular formula is C56H111N3O18. The van der Waals surface area contributed by atoms with E-state index in [2.05, 4.69) is 60.1 Å². The summed E-state index contributed by atoms with van der Waals surface area (Å²) in [6.45, 7) is 48.5. The van der Waals surface area contributed by atoms with Crippen molar-refractivity contribution in [1.82, 2.24) is 9.80 Å². The van der Waals surface area contributed by atoms with E-state index in [9.17, 15) is 24.0 Å². The largest absolute Gasteiger partial charge is 0.519 e. The number of nitrogens with two attached hydrogens (primary N) is 1. The van der Waals surface area contributed by atoms with E-state index in [-0.39, 0.29) is 62.1 Å². The Balaban J connectivity index is -0.0000000744. The Labute approximate surface area is 465 Å². The zero-order valence-corrected chi connectivity index (χ0v) is 51.7. The molecule has 458 valence electrons. The molecule has 3 unspecified atom stereocenters. The molecule has 0 aliphatic rings. The summed E-state index contributed by atoms with van der Waals surface area (Å²) in [5.74, 6) is 1.21. The topological polar surface area (TPSA) is 301 Å². The molecule has 0 heterocycles. The Morgan fingerprint density at radius 2 is 0.753 bits per heavy atom. The minimum Gasteiger partial charge on any atom is -0.444 e. The zero-order valence-electron chi connectivity index (χ0n) is 51.7. The van der Waals surface area contributed by atoms with Gasteiger partial charge in [0.1, 0.15) is 28.2 Å². The van der Waals surface area contributed by atoms with Gasteiger partial charge in [-0.3, -0.25) is 0 Å². The molecule has 0 radical (unpaired) electrons. The Bertz CT molecular complexity index is 1440. The molecule has 0 rings (SSSR count). The number of rotatable bonds is 16. The molecule has 21 heteroatoms. The maximum absolute atomic E-state index is 12.0. The van der Waals surface area contributed by atoms with Crippen molar-refractivity contribution in [3.05, 3.63) is 0 Å². The molecule has 2 amide bonds. The van der Waals surface area contributed by atoms with E-state index in [1.165, 1.54) is 44.9 Å². The lowest BCUT2D eigenvalue weighted by Crippen LogP contribution is -2.42. The van der Waals surface area contributed by atoms with E-state index in [0.717, 1.165) is 44.7 Å². The van der Waals surface area contributed by atoms with Crippen LogP contribution in [0, 0.1) is 5.92 Å². The van der Waals surface area contributed by atoms with Gasteiger partial charge in [-0.2, -0.15) is 38.4 Å². The lowest BCUT2D eigenvalue weighted by Gasteiger charge is -2.31. The highest BCUT2D eigenvalue weighted by Gasteiger charge is 2.26. The molecule has 77 heavy (non-hydrogen) atoms. The highest BCUT2D eigenvalue weighted by atomic mass is 16.8. The third-order valence-corrected chi connectivity index (χ3v) is 8.59. The van der Waals surface area contributed by atoms with E-state index >= 15 is 0 Å². The van der Waals surface area contributed by atoms with Crippen LogP contribution in [0.15, 0.2) is 0 Å². The van der Waals surface area contributed by atoms with Gasteiger partial charge in [-0.25, -0.2) is 19.2 Å². The van der Waals surface area contributed by atoms with Crippen LogP contribution in [0.3, 0.4) is 0 Å². The molecule has 21 nitrogen and oxygen atoms in total. The second-order valence-electron chi connectivity index (χ2n) is 20.4. The highest BCUT2D eigenvalue weighted by Crippen LogP contribution is 2.16. The predicted octanol–water partition coefficient (Wildman–Crippen LogP) is 13.4. The molecule has 0 spiro atoms. The number of ketones is 1. The Morgan fingerprint density at radius 3 is 0.961 bits per heavy atom. The average molecular weight is 1110 g/mol. The van der Waals surface area contributed by atoms with Crippen LogP contribution >= 0.6 is 0 Å². The van der Waals surface area contributed by atoms with E-state index in [0.29, 0.717) is 13.0 Å². The fourth-order valence-electron chi connectivity index (χ4n) is 4.28. The molecule has 0 aliphatic carbocycles. The molecule has 0 aromatic heterocycles. The van der Waals surface area contributed by atoms with Crippen molar-refractivity contribution in [3.63, 3.8) is 0 Å². The van der Waals surface area contributed by atoms with E-state index < -0.39 is 34.7 Å². The number of Topliss-reactive ketones (excluding diaryl/α,β-unsaturated/α-hetero) is 1. The van der Waals surface area contributed by atoms with Crippen LogP contribution < -0.4 is 5.73 Å². The molecule has 0 aromatic carbocycles. The molecule has 0 fully saturated rings. The minimum atomic E-state index is -1.06. The summed E-state index contributed by atoms with van der Waals surface area (Å²) in [7, 11) is 0. The van der Waals surface area contributed by atoms with Gasteiger partial charge in [0.15, 0.2) is 0 Å². The predicted molar refractivity (Wildman–Crippen MR) is 295 cm³/mol. The van der Waals surface area contributed by atoms with Crippen molar-refractivity contribution < 1.29 is 86.0 Å². The van der Waals surface area contributed by atoms with Gasteiger partial charge in [-0.05, 0) is 149 Å². The van der Waals surface area contributed by atoms with Gasteiger partial charge >= 0.3 is 49.1 Å². The number of unbranched alkanes of at least 4 members (excludes halogenated alkanes) is 4. The number of carbonyl (C=O) groups is 5. The molecule has 0 saturated carbocycles. The summed E-state index contributed by atoms with van der Waals surface area (Å²) >= 11 is 0. The van der Waals surface area contributed by atoms with Crippen molar-refractivity contribution in [2.24, 2.45) is 11.7 Å². The fraction of sp³-hybridized carbons (Fsp3) is 0.839. The summed E-state index contributed by atoms with van der Waals surface area (Å²) in [6, 6.07) is 0.497. The summed E-state index contributed by atoms with van der Waals surface area (Å²) in [6.07, 6.45) is 12.6. The molecule has 0 aromatic rings. The molecule has 0 bridgehead atoms. The van der Waals surface area contributed by atoms with Crippen LogP contribution in [0.25, 0.3) is 0 Å². The summed E-state index contributed by atoms with van der Waals surface area (Å²) in [4.78, 5) is 124. The van der Waals surface area contributed by atoms with Crippen LogP contribution in [0.4, 0.5) is 19.2 Å². The first kappa shape index (κ1) is 97.0. The normalized spacial score (nSPS) is 10.6. The summed E-state index contributed by atoms with van der Waals surface area (Å²) in [5, 5.41) is 0. The van der Waals surface area contributed by atoms with Crippen LogP contribution in [0.5, 0.6) is 0 Å². The third-order valence-electron chi connectivity index (χ3n) is 8.59. The standard InChI is InChI=1S/C13H27NO2.C11H23NO2.C10H18O5.C9H20.C4H11N.C4H8O.4CO2.CH4/c1-7-9-10-14(11(3)8-2)12(15)16-13(4,5)6;1-7-9(3)12(8-2)10(13)14-11(4,5)6;1-9(2,3)14-7(11)13-8(12)15-10(4,5)6;1-4-6-7-8-9(3)5-2;1-2-3-4-5;1-3-4(2)5;4*2-1-3;/h11H,7-10H2,1-6H3;9H,7-8H2,1-6H3;1-6H3;9H,4-8H2,1-3H3;2-5H2,1H3;3H2,1-2H3;;;;;1H4. The first-order valence-electron chi connectivity index (χ1n) is 26.1. The fourth-order valence-corrected chi connectivity index (χ4v) is 4.28. The lowest BCUT2D eigenvalue weighted by molar-refractivity contribution is -0.193. The second-order valence-corrected chi connectivity index (χ2v) is 20.4. The van der Waals surface area contributed by atoms with Crippen molar-refractivity contribution in [2.75, 3.05) is 19.6 Å². The van der Waals surface area contributed by atoms with Gasteiger partial charge in [-0.1, -0.05) is 108 Å². The Hall–Kier alpha value is -5.57. The van der Waals surface area contributed by atoms with Gasteiger partial charge in [0.25, 0.3) is 0 Å². The smallest absolute Gasteiger partial charge is 0.444 e. The number of carbonyl (C=O) groups excluding carboxylic acids is 13. The minimum absolute atomic E-state index is 0. The Kier molecular flexibility index (Phi) is 81.5. The molecule has 0 saturated heterocycles. The number of hydrogen-bond donors (Lipinski definition) is 1. The van der Waals surface area contributed by atoms with E-state index in [1.54, 1.807) is 53.4 Å². The SMILES string of the molecule is C.CC(C)(C)OC(=O)OC(=O)OC(C)(C)C.CCC(C)=O.CCC(C)N(CC)C(=O)OC(C)(C)C.CCCCCC(C)CC.CCCCN.CCCCN(C(=O)OC(C)(C)C)C(C)CC.O=C=O.O=C=O.O=C=O.O=C=O. The monoisotopic (exact) mass is 1110 g/mol. The van der Waals surface area contributed by atoms with Gasteiger partial charge in [0, 0.05) is 31.6 Å². The number of hydrogen-bond acceptors (Lipinski definition) is 19. The summed E-state index contributed by atoms with van der Waals surface area (Å²) < 4.78 is 24.5. The Morgan fingerprint density at radius 1 is 0.468 bits per heavy atom. The number of ether oxygens (including phenoxy) is 5. The third kappa shape index (κ3) is 107. The van der Waals surface area contributed by atoms with Gasteiger partial charge < -0.3 is 44.0 Å². The van der Waals surface area contributed by atoms with Gasteiger partial charge in [0.2, 0.25) is 0 Å². The molecule has 2 N–H and O–H groups in total. The first-order chi connectivity index (χ1) is 34.8. The maximum atomic E-state index is 12.0. The quantitative estimate of drug-likeness (QED) is 0.0650. The van der Waals surface area contributed by atoms with Crippen LogP contribution in [0.2, 0.25) is 0 Å². The molecule has 3 atom stereocenters. The van der Waals surface area contributed by atoms with Crippen molar-refractivity contribution in [3.8, 4) is 0 Å². The van der Waals surface area contributed by atoms with E-state index in [4.69, 9.17) is 63.0 Å². The van der Waals surface area contributed by atoms with Gasteiger partial charge in [-0.15, -0.1) is 0 Å². The average Bonchev–Trinajstić information content (AvgIpc) is 3.26. The lowest BCUT2D eigenvalue weighted by atomic mass is 10.0. The summed E-state index contributed by atoms with van der Waals surface area (Å²) in [5.41, 5.74) is 2.94. The van der Waals surface area contributed by atoms with Gasteiger partial charge in [0.05, 0.1) is 0 Å².